The number of nitrogens with one attached hydrogen (secondary N) is 1. The normalized spacial score (nSPS) is 21.9. The lowest BCUT2D eigenvalue weighted by Gasteiger charge is -2.32. The van der Waals surface area contributed by atoms with Crippen LogP contribution in [-0.2, 0) is 22.7 Å². The Hall–Kier alpha value is -3.13. The van der Waals surface area contributed by atoms with E-state index in [-0.39, 0.29) is 36.5 Å². The molecule has 1 aromatic heterocycles. The van der Waals surface area contributed by atoms with Crippen molar-refractivity contribution in [1.29, 1.82) is 0 Å². The second-order valence-corrected chi connectivity index (χ2v) is 9.23. The summed E-state index contributed by atoms with van der Waals surface area (Å²) in [7, 11) is 0. The van der Waals surface area contributed by atoms with Crippen LogP contribution in [0.25, 0.3) is 0 Å². The Bertz CT molecular complexity index is 1130. The molecule has 0 aliphatic carbocycles. The fraction of sp³-hybridized carbons (Fsp3) is 0.440. The van der Waals surface area contributed by atoms with Crippen LogP contribution in [0.15, 0.2) is 30.5 Å². The smallest absolute Gasteiger partial charge is 0.255 e. The number of carbonyl (C=O) groups is 3. The van der Waals surface area contributed by atoms with Crippen molar-refractivity contribution >= 4 is 17.7 Å². The van der Waals surface area contributed by atoms with Crippen LogP contribution >= 0.6 is 0 Å². The molecule has 3 amide bonds. The molecule has 2 fully saturated rings. The molecule has 7 nitrogen and oxygen atoms in total. The van der Waals surface area contributed by atoms with Gasteiger partial charge in [0.15, 0.2) is 0 Å². The van der Waals surface area contributed by atoms with Gasteiger partial charge in [-0.05, 0) is 74.0 Å². The van der Waals surface area contributed by atoms with E-state index < -0.39 is 11.9 Å². The average Bonchev–Trinajstić information content (AvgIpc) is 3.11. The lowest BCUT2D eigenvalue weighted by molar-refractivity contribution is -0.136. The maximum Gasteiger partial charge on any atom is 0.255 e. The van der Waals surface area contributed by atoms with E-state index >= 15 is 4.39 Å². The van der Waals surface area contributed by atoms with Gasteiger partial charge in [-0.1, -0.05) is 12.1 Å². The van der Waals surface area contributed by atoms with Crippen LogP contribution in [0.2, 0.25) is 0 Å². The topological polar surface area (TPSA) is 82.6 Å². The van der Waals surface area contributed by atoms with Crippen LogP contribution in [0.3, 0.4) is 0 Å². The van der Waals surface area contributed by atoms with Crippen molar-refractivity contribution < 1.29 is 18.8 Å². The van der Waals surface area contributed by atoms with Gasteiger partial charge in [0.2, 0.25) is 11.8 Å². The molecule has 5 rings (SSSR count). The van der Waals surface area contributed by atoms with E-state index in [1.807, 2.05) is 19.1 Å². The lowest BCUT2D eigenvalue weighted by atomic mass is 9.87. The highest BCUT2D eigenvalue weighted by atomic mass is 19.1. The molecule has 4 heterocycles. The summed E-state index contributed by atoms with van der Waals surface area (Å²) in [5, 5.41) is 2.30. The van der Waals surface area contributed by atoms with E-state index in [1.54, 1.807) is 6.20 Å². The van der Waals surface area contributed by atoms with Gasteiger partial charge in [0.25, 0.3) is 5.91 Å². The number of benzene rings is 1. The van der Waals surface area contributed by atoms with Gasteiger partial charge in [-0.25, -0.2) is 4.39 Å². The molecule has 1 N–H and O–H groups in total. The van der Waals surface area contributed by atoms with Crippen LogP contribution in [0, 0.1) is 12.7 Å². The Balaban J connectivity index is 1.27. The van der Waals surface area contributed by atoms with Gasteiger partial charge in [-0.3, -0.25) is 29.6 Å². The number of likely N-dealkylation sites (tertiary alicyclic amines) is 1. The maximum atomic E-state index is 15.1. The number of rotatable bonds is 4. The lowest BCUT2D eigenvalue weighted by Crippen LogP contribution is -2.52. The van der Waals surface area contributed by atoms with Gasteiger partial charge in [-0.15, -0.1) is 0 Å². The standard InChI is InChI=1S/C25H27FN4O3/c1-15-17(3-2-8-27-15)13-29-9-6-16(7-10-29)19-11-18-14-30(25(33)20(18)12-21(19)26)22-4-5-23(31)28-24(22)32/h2-3,8,11-12,16,22H,4-7,9-10,13-14H2,1H3,(H,28,31,32). The molecule has 0 spiro atoms. The van der Waals surface area contributed by atoms with Gasteiger partial charge < -0.3 is 4.90 Å². The Labute approximate surface area is 192 Å². The van der Waals surface area contributed by atoms with Crippen molar-refractivity contribution in [2.45, 2.75) is 57.7 Å². The number of hydrogen-bond donors (Lipinski definition) is 1. The molecule has 3 aliphatic heterocycles. The quantitative estimate of drug-likeness (QED) is 0.725. The molecule has 1 unspecified atom stereocenters. The van der Waals surface area contributed by atoms with Gasteiger partial charge in [0, 0.05) is 37.0 Å². The number of amides is 3. The fourth-order valence-electron chi connectivity index (χ4n) is 5.25. The minimum Gasteiger partial charge on any atom is -0.322 e. The number of pyridine rings is 1. The van der Waals surface area contributed by atoms with Gasteiger partial charge in [0.1, 0.15) is 11.9 Å². The zero-order valence-electron chi connectivity index (χ0n) is 18.6. The van der Waals surface area contributed by atoms with E-state index in [0.717, 1.165) is 43.7 Å². The Morgan fingerprint density at radius 3 is 2.67 bits per heavy atom. The summed E-state index contributed by atoms with van der Waals surface area (Å²) < 4.78 is 15.1. The van der Waals surface area contributed by atoms with Crippen molar-refractivity contribution in [3.05, 3.63) is 64.2 Å². The monoisotopic (exact) mass is 450 g/mol. The second kappa shape index (κ2) is 8.67. The summed E-state index contributed by atoms with van der Waals surface area (Å²) in [6, 6.07) is 6.52. The van der Waals surface area contributed by atoms with Crippen LogP contribution in [0.4, 0.5) is 4.39 Å². The first-order valence-corrected chi connectivity index (χ1v) is 11.5. The SMILES string of the molecule is Cc1ncccc1CN1CCC(c2cc3c(cc2F)C(=O)N(C2CCC(=O)NC2=O)C3)CC1. The Kier molecular flexibility index (Phi) is 5.70. The molecule has 8 heteroatoms. The number of fused-ring (bicyclic) bond motifs is 1. The maximum absolute atomic E-state index is 15.1. The molecule has 0 saturated carbocycles. The van der Waals surface area contributed by atoms with E-state index in [9.17, 15) is 14.4 Å². The number of nitrogens with zero attached hydrogens (tertiary/aromatic N) is 3. The van der Waals surface area contributed by atoms with Gasteiger partial charge >= 0.3 is 0 Å². The highest BCUT2D eigenvalue weighted by molar-refractivity contribution is 6.05. The number of piperidine rings is 2. The summed E-state index contributed by atoms with van der Waals surface area (Å²) in [6.45, 7) is 4.87. The first kappa shape index (κ1) is 21.7. The van der Waals surface area contributed by atoms with E-state index in [1.165, 1.54) is 16.5 Å². The molecule has 2 saturated heterocycles. The Morgan fingerprint density at radius 2 is 1.94 bits per heavy atom. The third kappa shape index (κ3) is 4.15. The second-order valence-electron chi connectivity index (χ2n) is 9.23. The van der Waals surface area contributed by atoms with E-state index in [0.29, 0.717) is 17.5 Å². The van der Waals surface area contributed by atoms with Crippen molar-refractivity contribution in [3.8, 4) is 0 Å². The minimum atomic E-state index is -0.687. The fourth-order valence-corrected chi connectivity index (χ4v) is 5.25. The third-order valence-corrected chi connectivity index (χ3v) is 7.18. The predicted molar refractivity (Wildman–Crippen MR) is 119 cm³/mol. The number of imide groups is 1. The summed E-state index contributed by atoms with van der Waals surface area (Å²) in [5.74, 6) is -1.37. The largest absolute Gasteiger partial charge is 0.322 e. The van der Waals surface area contributed by atoms with E-state index in [4.69, 9.17) is 0 Å². The van der Waals surface area contributed by atoms with Crippen LogP contribution in [0.1, 0.15) is 64.3 Å². The van der Waals surface area contributed by atoms with Gasteiger partial charge in [-0.2, -0.15) is 0 Å². The number of hydrogen-bond acceptors (Lipinski definition) is 5. The van der Waals surface area contributed by atoms with Crippen LogP contribution in [-0.4, -0.2) is 51.6 Å². The Morgan fingerprint density at radius 1 is 1.15 bits per heavy atom. The molecule has 1 aromatic carbocycles. The summed E-state index contributed by atoms with van der Waals surface area (Å²) >= 11 is 0. The van der Waals surface area contributed by atoms with E-state index in [2.05, 4.69) is 21.3 Å². The van der Waals surface area contributed by atoms with Crippen LogP contribution < -0.4 is 5.32 Å². The van der Waals surface area contributed by atoms with Crippen molar-refractivity contribution in [2.24, 2.45) is 0 Å². The number of halogens is 1. The molecule has 0 radical (unpaired) electrons. The summed E-state index contributed by atoms with van der Waals surface area (Å²) in [5.41, 5.74) is 3.99. The van der Waals surface area contributed by atoms with Crippen molar-refractivity contribution in [2.75, 3.05) is 13.1 Å². The first-order valence-electron chi connectivity index (χ1n) is 11.5. The molecule has 172 valence electrons. The summed E-state index contributed by atoms with van der Waals surface area (Å²) in [6.07, 6.45) is 4.00. The highest BCUT2D eigenvalue weighted by Crippen LogP contribution is 2.35. The third-order valence-electron chi connectivity index (χ3n) is 7.18. The van der Waals surface area contributed by atoms with Crippen molar-refractivity contribution in [1.82, 2.24) is 20.1 Å². The number of carbonyl (C=O) groups excluding carboxylic acids is 3. The zero-order valence-corrected chi connectivity index (χ0v) is 18.6. The predicted octanol–water partition coefficient (Wildman–Crippen LogP) is 2.67. The highest BCUT2D eigenvalue weighted by Gasteiger charge is 2.40. The minimum absolute atomic E-state index is 0.0984. The molecule has 3 aliphatic rings. The van der Waals surface area contributed by atoms with Crippen molar-refractivity contribution in [3.63, 3.8) is 0 Å². The average molecular weight is 451 g/mol. The van der Waals surface area contributed by atoms with Crippen LogP contribution in [0.5, 0.6) is 0 Å². The number of aromatic nitrogens is 1. The molecule has 33 heavy (non-hydrogen) atoms. The first-order chi connectivity index (χ1) is 15.9. The molecular weight excluding hydrogens is 423 g/mol. The summed E-state index contributed by atoms with van der Waals surface area (Å²) in [4.78, 5) is 44.8. The number of aryl methyl sites for hydroxylation is 1. The molecule has 0 bridgehead atoms. The molecule has 1 atom stereocenters. The van der Waals surface area contributed by atoms with Gasteiger partial charge in [0.05, 0.1) is 0 Å². The zero-order chi connectivity index (χ0) is 23.1. The molecular formula is C25H27FN4O3. The molecule has 2 aromatic rings.